The summed E-state index contributed by atoms with van der Waals surface area (Å²) in [4.78, 5) is 2.46. The van der Waals surface area contributed by atoms with Crippen LogP contribution in [-0.2, 0) is 10.0 Å². The van der Waals surface area contributed by atoms with Crippen molar-refractivity contribution in [3.63, 3.8) is 0 Å². The molecule has 3 aliphatic rings. The number of hydrogen-bond acceptors (Lipinski definition) is 3. The lowest BCUT2D eigenvalue weighted by Crippen LogP contribution is -2.57. The van der Waals surface area contributed by atoms with Gasteiger partial charge in [0.1, 0.15) is 0 Å². The quantitative estimate of drug-likeness (QED) is 0.716. The fourth-order valence-electron chi connectivity index (χ4n) is 3.07. The van der Waals surface area contributed by atoms with E-state index in [2.05, 4.69) is 11.8 Å². The van der Waals surface area contributed by atoms with Crippen LogP contribution in [0.4, 0.5) is 0 Å². The summed E-state index contributed by atoms with van der Waals surface area (Å²) in [6.07, 6.45) is 4.15. The van der Waals surface area contributed by atoms with E-state index in [1.807, 2.05) is 0 Å². The summed E-state index contributed by atoms with van der Waals surface area (Å²) in [5, 5.41) is -0.0529. The monoisotopic (exact) mass is 244 g/mol. The molecule has 0 unspecified atom stereocenters. The van der Waals surface area contributed by atoms with E-state index in [1.54, 1.807) is 4.31 Å². The van der Waals surface area contributed by atoms with Crippen molar-refractivity contribution >= 4 is 10.0 Å². The van der Waals surface area contributed by atoms with E-state index >= 15 is 0 Å². The van der Waals surface area contributed by atoms with Crippen LogP contribution in [0.3, 0.4) is 0 Å². The molecule has 92 valence electrons. The molecule has 2 atom stereocenters. The van der Waals surface area contributed by atoms with Gasteiger partial charge in [-0.2, -0.15) is 4.31 Å². The van der Waals surface area contributed by atoms with E-state index < -0.39 is 10.0 Å². The van der Waals surface area contributed by atoms with Gasteiger partial charge in [-0.25, -0.2) is 8.42 Å². The normalized spacial score (nSPS) is 37.6. The molecular formula is C11H20N2O2S. The van der Waals surface area contributed by atoms with Crippen LogP contribution in [0.1, 0.15) is 32.6 Å². The molecule has 3 fully saturated rings. The standard InChI is InChI=1S/C11H20N2O2S/c1-9-7-12-6-2-3-10(12)8-13(9)16(14,15)11-4-5-11/h9-11H,2-8H2,1H3/t9-,10-/m0/s1. The molecular weight excluding hydrogens is 224 g/mol. The summed E-state index contributed by atoms with van der Waals surface area (Å²) in [6.45, 7) is 4.87. The zero-order chi connectivity index (χ0) is 11.3. The zero-order valence-electron chi connectivity index (χ0n) is 9.80. The van der Waals surface area contributed by atoms with Crippen molar-refractivity contribution in [2.45, 2.75) is 49.9 Å². The second-order valence-corrected chi connectivity index (χ2v) is 7.62. The maximum absolute atomic E-state index is 12.3. The summed E-state index contributed by atoms with van der Waals surface area (Å²) < 4.78 is 26.3. The Morgan fingerprint density at radius 1 is 1.12 bits per heavy atom. The molecule has 0 radical (unpaired) electrons. The van der Waals surface area contributed by atoms with Gasteiger partial charge in [0, 0.05) is 25.2 Å². The molecule has 16 heavy (non-hydrogen) atoms. The van der Waals surface area contributed by atoms with Crippen molar-refractivity contribution in [2.75, 3.05) is 19.6 Å². The van der Waals surface area contributed by atoms with Gasteiger partial charge >= 0.3 is 0 Å². The van der Waals surface area contributed by atoms with E-state index in [-0.39, 0.29) is 11.3 Å². The molecule has 0 spiro atoms. The Balaban J connectivity index is 1.80. The first-order valence-electron chi connectivity index (χ1n) is 6.34. The number of piperazine rings is 1. The highest BCUT2D eigenvalue weighted by atomic mass is 32.2. The molecule has 0 aromatic carbocycles. The largest absolute Gasteiger partial charge is 0.297 e. The summed E-state index contributed by atoms with van der Waals surface area (Å²) in [6, 6.07) is 0.657. The molecule has 2 heterocycles. The SMILES string of the molecule is C[C@H]1CN2CCC[C@H]2CN1S(=O)(=O)C1CC1. The number of rotatable bonds is 2. The predicted molar refractivity (Wildman–Crippen MR) is 62.7 cm³/mol. The molecule has 0 N–H and O–H groups in total. The molecule has 2 saturated heterocycles. The van der Waals surface area contributed by atoms with Gasteiger partial charge in [-0.3, -0.25) is 4.90 Å². The van der Waals surface area contributed by atoms with Crippen LogP contribution in [0.15, 0.2) is 0 Å². The molecule has 4 nitrogen and oxygen atoms in total. The molecule has 0 amide bonds. The van der Waals surface area contributed by atoms with E-state index in [0.717, 1.165) is 32.5 Å². The summed E-state index contributed by atoms with van der Waals surface area (Å²) in [7, 11) is -2.97. The minimum atomic E-state index is -2.97. The average molecular weight is 244 g/mol. The van der Waals surface area contributed by atoms with Crippen LogP contribution in [0.25, 0.3) is 0 Å². The van der Waals surface area contributed by atoms with E-state index in [0.29, 0.717) is 6.04 Å². The molecule has 1 saturated carbocycles. The third kappa shape index (κ3) is 1.69. The van der Waals surface area contributed by atoms with Gasteiger partial charge in [0.2, 0.25) is 10.0 Å². The summed E-state index contributed by atoms with van der Waals surface area (Å²) in [5.41, 5.74) is 0. The maximum atomic E-state index is 12.3. The number of hydrogen-bond donors (Lipinski definition) is 0. The van der Waals surface area contributed by atoms with Gasteiger partial charge in [-0.05, 0) is 39.2 Å². The van der Waals surface area contributed by atoms with Gasteiger partial charge in [0.25, 0.3) is 0 Å². The number of nitrogens with zero attached hydrogens (tertiary/aromatic N) is 2. The molecule has 1 aliphatic carbocycles. The summed E-state index contributed by atoms with van der Waals surface area (Å²) >= 11 is 0. The van der Waals surface area contributed by atoms with Gasteiger partial charge in [-0.1, -0.05) is 0 Å². The second-order valence-electron chi connectivity index (χ2n) is 5.45. The Labute approximate surface area is 97.7 Å². The minimum Gasteiger partial charge on any atom is -0.297 e. The van der Waals surface area contributed by atoms with Crippen molar-refractivity contribution < 1.29 is 8.42 Å². The van der Waals surface area contributed by atoms with Gasteiger partial charge in [0.05, 0.1) is 5.25 Å². The van der Waals surface area contributed by atoms with Crippen LogP contribution in [0.5, 0.6) is 0 Å². The maximum Gasteiger partial charge on any atom is 0.217 e. The van der Waals surface area contributed by atoms with Crippen LogP contribution < -0.4 is 0 Å². The van der Waals surface area contributed by atoms with Crippen molar-refractivity contribution in [3.05, 3.63) is 0 Å². The Morgan fingerprint density at radius 2 is 1.88 bits per heavy atom. The van der Waals surface area contributed by atoms with E-state index in [9.17, 15) is 8.42 Å². The first-order chi connectivity index (χ1) is 7.59. The molecule has 5 heteroatoms. The van der Waals surface area contributed by atoms with Crippen LogP contribution >= 0.6 is 0 Å². The molecule has 2 aliphatic heterocycles. The first kappa shape index (κ1) is 11.0. The lowest BCUT2D eigenvalue weighted by atomic mass is 10.1. The zero-order valence-corrected chi connectivity index (χ0v) is 10.6. The Morgan fingerprint density at radius 3 is 2.56 bits per heavy atom. The molecule has 0 aromatic heterocycles. The third-order valence-corrected chi connectivity index (χ3v) is 6.63. The van der Waals surface area contributed by atoms with Gasteiger partial charge < -0.3 is 0 Å². The molecule has 0 bridgehead atoms. The highest BCUT2D eigenvalue weighted by molar-refractivity contribution is 7.90. The molecule has 0 aromatic rings. The lowest BCUT2D eigenvalue weighted by molar-refractivity contribution is 0.117. The van der Waals surface area contributed by atoms with Crippen LogP contribution in [-0.4, -0.2) is 54.6 Å². The third-order valence-electron chi connectivity index (χ3n) is 4.15. The lowest BCUT2D eigenvalue weighted by Gasteiger charge is -2.41. The fraction of sp³-hybridized carbons (Fsp3) is 1.00. The Bertz CT molecular complexity index is 377. The topological polar surface area (TPSA) is 40.6 Å². The summed E-state index contributed by atoms with van der Waals surface area (Å²) in [5.74, 6) is 0. The second kappa shape index (κ2) is 3.68. The number of sulfonamides is 1. The van der Waals surface area contributed by atoms with Crippen molar-refractivity contribution in [1.82, 2.24) is 9.21 Å². The van der Waals surface area contributed by atoms with Crippen LogP contribution in [0.2, 0.25) is 0 Å². The van der Waals surface area contributed by atoms with Gasteiger partial charge in [-0.15, -0.1) is 0 Å². The highest BCUT2D eigenvalue weighted by Crippen LogP contribution is 2.35. The van der Waals surface area contributed by atoms with Crippen molar-refractivity contribution in [2.24, 2.45) is 0 Å². The van der Waals surface area contributed by atoms with E-state index in [1.165, 1.54) is 12.8 Å². The smallest absolute Gasteiger partial charge is 0.217 e. The van der Waals surface area contributed by atoms with Gasteiger partial charge in [0.15, 0.2) is 0 Å². The van der Waals surface area contributed by atoms with Crippen molar-refractivity contribution in [3.8, 4) is 0 Å². The Hall–Kier alpha value is -0.130. The Kier molecular flexibility index (Phi) is 2.53. The minimum absolute atomic E-state index is 0.0529. The predicted octanol–water partition coefficient (Wildman–Crippen LogP) is 0.647. The highest BCUT2D eigenvalue weighted by Gasteiger charge is 2.46. The van der Waals surface area contributed by atoms with Crippen molar-refractivity contribution in [1.29, 1.82) is 0 Å². The molecule has 3 rings (SSSR count). The van der Waals surface area contributed by atoms with Crippen LogP contribution in [0, 0.1) is 0 Å². The fourth-order valence-corrected chi connectivity index (χ4v) is 5.14. The average Bonchev–Trinajstić information content (AvgIpc) is 2.98. The van der Waals surface area contributed by atoms with E-state index in [4.69, 9.17) is 0 Å². The number of fused-ring (bicyclic) bond motifs is 1. The first-order valence-corrected chi connectivity index (χ1v) is 7.84.